The van der Waals surface area contributed by atoms with Crippen molar-refractivity contribution in [2.24, 2.45) is 0 Å². The summed E-state index contributed by atoms with van der Waals surface area (Å²) in [5, 5.41) is 10.6. The van der Waals surface area contributed by atoms with Crippen LogP contribution in [0.1, 0.15) is 29.9 Å². The van der Waals surface area contributed by atoms with Gasteiger partial charge in [-0.1, -0.05) is 24.3 Å². The molecular weight excluding hydrogens is 485 g/mol. The second-order valence-electron chi connectivity index (χ2n) is 10.0. The van der Waals surface area contributed by atoms with E-state index in [4.69, 9.17) is 9.47 Å². The maximum atomic E-state index is 14.3. The minimum atomic E-state index is -3.89. The average molecular weight is 520 g/mol. The molecule has 3 atom stereocenters. The van der Waals surface area contributed by atoms with E-state index in [-0.39, 0.29) is 41.9 Å². The number of likely N-dealkylation sites (N-methyl/N-ethyl adjacent to an activating group) is 1. The van der Waals surface area contributed by atoms with Crippen molar-refractivity contribution in [3.63, 3.8) is 0 Å². The number of aliphatic hydroxyl groups is 1. The molecule has 2 aromatic carbocycles. The molecule has 2 saturated heterocycles. The summed E-state index contributed by atoms with van der Waals surface area (Å²) < 4.78 is 55.3. The van der Waals surface area contributed by atoms with Crippen molar-refractivity contribution in [3.05, 3.63) is 59.4 Å². The number of nitrogens with zero attached hydrogens (tertiary/aromatic N) is 2. The smallest absolute Gasteiger partial charge is 0.244 e. The Morgan fingerprint density at radius 2 is 1.89 bits per heavy atom. The van der Waals surface area contributed by atoms with E-state index in [1.165, 1.54) is 6.07 Å². The third-order valence-corrected chi connectivity index (χ3v) is 8.93. The molecule has 196 valence electrons. The molecule has 0 unspecified atom stereocenters. The first-order chi connectivity index (χ1) is 17.3. The van der Waals surface area contributed by atoms with Gasteiger partial charge in [0.05, 0.1) is 12.1 Å². The molecule has 0 radical (unpaired) electrons. The molecule has 0 amide bonds. The number of hydrogen-bond donors (Lipinski definition) is 2. The molecule has 2 fully saturated rings. The van der Waals surface area contributed by atoms with E-state index >= 15 is 0 Å². The van der Waals surface area contributed by atoms with E-state index in [1.54, 1.807) is 18.2 Å². The number of ether oxygens (including phenoxy) is 2. The predicted molar refractivity (Wildman–Crippen MR) is 133 cm³/mol. The number of fused-ring (bicyclic) bond motifs is 2. The van der Waals surface area contributed by atoms with Crippen LogP contribution in [0, 0.1) is 5.82 Å². The molecule has 0 aromatic heterocycles. The molecule has 3 aliphatic heterocycles. The Morgan fingerprint density at radius 3 is 2.67 bits per heavy atom. The van der Waals surface area contributed by atoms with Gasteiger partial charge in [0.2, 0.25) is 10.0 Å². The number of sulfonamides is 1. The molecule has 2 N–H and O–H groups in total. The number of hydrogen-bond acceptors (Lipinski definition) is 7. The average Bonchev–Trinajstić information content (AvgIpc) is 3.26. The molecule has 0 aliphatic carbocycles. The van der Waals surface area contributed by atoms with Crippen LogP contribution >= 0.6 is 0 Å². The fraction of sp³-hybridized carbons (Fsp3) is 0.538. The summed E-state index contributed by atoms with van der Waals surface area (Å²) in [4.78, 5) is 4.21. The zero-order chi connectivity index (χ0) is 25.3. The Hall–Kier alpha value is -2.08. The van der Waals surface area contributed by atoms with Crippen molar-refractivity contribution in [1.82, 2.24) is 14.5 Å². The van der Waals surface area contributed by atoms with E-state index in [9.17, 15) is 17.9 Å². The Labute approximate surface area is 212 Å². The van der Waals surface area contributed by atoms with Gasteiger partial charge in [0, 0.05) is 51.5 Å². The van der Waals surface area contributed by atoms with Gasteiger partial charge in [-0.25, -0.2) is 17.5 Å². The van der Waals surface area contributed by atoms with Crippen LogP contribution in [0.2, 0.25) is 0 Å². The molecule has 5 rings (SSSR count). The van der Waals surface area contributed by atoms with Crippen molar-refractivity contribution in [1.29, 1.82) is 0 Å². The Bertz CT molecular complexity index is 1170. The fourth-order valence-electron chi connectivity index (χ4n) is 5.47. The minimum Gasteiger partial charge on any atom is -0.486 e. The van der Waals surface area contributed by atoms with Gasteiger partial charge >= 0.3 is 0 Å². The number of halogens is 1. The number of rotatable bonds is 3. The lowest BCUT2D eigenvalue weighted by molar-refractivity contribution is 0.0710. The lowest BCUT2D eigenvalue weighted by Gasteiger charge is -2.30. The molecular formula is C26H34FN3O5S. The maximum absolute atomic E-state index is 14.3. The number of β-amino-alcohol motifs (C(OH)–C–C–N with tert-alkyl or cyclic N) is 1. The van der Waals surface area contributed by atoms with E-state index in [0.717, 1.165) is 18.4 Å². The molecule has 8 nitrogen and oxygen atoms in total. The molecule has 0 bridgehead atoms. The summed E-state index contributed by atoms with van der Waals surface area (Å²) in [7, 11) is -1.99. The van der Waals surface area contributed by atoms with Crippen LogP contribution in [-0.2, 0) is 21.3 Å². The Balaban J connectivity index is 1.48. The topological polar surface area (TPSA) is 91.3 Å². The van der Waals surface area contributed by atoms with Gasteiger partial charge in [0.1, 0.15) is 22.6 Å². The Morgan fingerprint density at radius 1 is 1.11 bits per heavy atom. The van der Waals surface area contributed by atoms with Gasteiger partial charge in [0.15, 0.2) is 0 Å². The molecule has 0 saturated carbocycles. The van der Waals surface area contributed by atoms with E-state index in [1.807, 2.05) is 30.1 Å². The summed E-state index contributed by atoms with van der Waals surface area (Å²) in [6, 6.07) is 11.9. The van der Waals surface area contributed by atoms with Crippen molar-refractivity contribution in [2.45, 2.75) is 48.4 Å². The maximum Gasteiger partial charge on any atom is 0.244 e. The lowest BCUT2D eigenvalue weighted by atomic mass is 9.92. The first-order valence-electron chi connectivity index (χ1n) is 12.5. The summed E-state index contributed by atoms with van der Waals surface area (Å²) in [6.45, 7) is 3.09. The third kappa shape index (κ3) is 5.58. The zero-order valence-corrected chi connectivity index (χ0v) is 21.3. The van der Waals surface area contributed by atoms with Crippen molar-refractivity contribution >= 4 is 10.0 Å². The largest absolute Gasteiger partial charge is 0.486 e. The molecule has 10 heteroatoms. The summed E-state index contributed by atoms with van der Waals surface area (Å²) in [6.07, 6.45) is 0.516. The van der Waals surface area contributed by atoms with Crippen LogP contribution in [0.5, 0.6) is 5.75 Å². The van der Waals surface area contributed by atoms with Crippen molar-refractivity contribution in [2.75, 3.05) is 46.4 Å². The highest BCUT2D eigenvalue weighted by atomic mass is 32.2. The predicted octanol–water partition coefficient (Wildman–Crippen LogP) is 1.94. The van der Waals surface area contributed by atoms with E-state index in [2.05, 4.69) is 9.62 Å². The van der Waals surface area contributed by atoms with Crippen LogP contribution < -0.4 is 9.46 Å². The zero-order valence-electron chi connectivity index (χ0n) is 20.5. The van der Waals surface area contributed by atoms with Crippen LogP contribution in [0.4, 0.5) is 4.39 Å². The minimum absolute atomic E-state index is 0.0707. The van der Waals surface area contributed by atoms with E-state index < -0.39 is 16.1 Å². The molecule has 2 aromatic rings. The number of aliphatic hydroxyl groups excluding tert-OH is 1. The van der Waals surface area contributed by atoms with Gasteiger partial charge < -0.3 is 14.6 Å². The SMILES string of the molecule is CN1C[C@@H](O)CNS(=O)(=O)c2ccc(C3CCOCC3)cc2O[C@H]2CN(Cc3ccccc3F)C[C@H]21. The summed E-state index contributed by atoms with van der Waals surface area (Å²) >= 11 is 0. The second kappa shape index (κ2) is 10.7. The van der Waals surface area contributed by atoms with Crippen molar-refractivity contribution < 1.29 is 27.4 Å². The molecule has 3 heterocycles. The van der Waals surface area contributed by atoms with Gasteiger partial charge in [0.25, 0.3) is 0 Å². The van der Waals surface area contributed by atoms with Crippen molar-refractivity contribution in [3.8, 4) is 5.75 Å². The van der Waals surface area contributed by atoms with Gasteiger partial charge in [-0.3, -0.25) is 9.80 Å². The molecule has 36 heavy (non-hydrogen) atoms. The highest BCUT2D eigenvalue weighted by Gasteiger charge is 2.39. The van der Waals surface area contributed by atoms with Gasteiger partial charge in [-0.05, 0) is 49.6 Å². The number of benzene rings is 2. The molecule has 3 aliphatic rings. The van der Waals surface area contributed by atoms with Crippen LogP contribution in [0.25, 0.3) is 0 Å². The fourth-order valence-corrected chi connectivity index (χ4v) is 6.66. The number of nitrogens with one attached hydrogen (secondary N) is 1. The quantitative estimate of drug-likeness (QED) is 0.641. The third-order valence-electron chi connectivity index (χ3n) is 7.47. The Kier molecular flexibility index (Phi) is 7.62. The molecule has 0 spiro atoms. The lowest BCUT2D eigenvalue weighted by Crippen LogP contribution is -2.47. The first-order valence-corrected chi connectivity index (χ1v) is 14.0. The van der Waals surface area contributed by atoms with Crippen LogP contribution in [0.15, 0.2) is 47.4 Å². The highest BCUT2D eigenvalue weighted by molar-refractivity contribution is 7.89. The summed E-state index contributed by atoms with van der Waals surface area (Å²) in [5.41, 5.74) is 1.64. The highest BCUT2D eigenvalue weighted by Crippen LogP contribution is 2.35. The number of likely N-dealkylation sites (tertiary alicyclic amines) is 1. The normalized spacial score (nSPS) is 28.0. The van der Waals surface area contributed by atoms with Crippen LogP contribution in [0.3, 0.4) is 0 Å². The van der Waals surface area contributed by atoms with Gasteiger partial charge in [-0.15, -0.1) is 0 Å². The van der Waals surface area contributed by atoms with E-state index in [0.29, 0.717) is 44.2 Å². The van der Waals surface area contributed by atoms with Crippen LogP contribution in [-0.4, -0.2) is 88.0 Å². The monoisotopic (exact) mass is 519 g/mol. The second-order valence-corrected chi connectivity index (χ2v) is 11.8. The summed E-state index contributed by atoms with van der Waals surface area (Å²) in [5.74, 6) is 0.349. The first kappa shape index (κ1) is 25.6. The van der Waals surface area contributed by atoms with Gasteiger partial charge in [-0.2, -0.15) is 0 Å². The standard InChI is InChI=1S/C26H34FN3O5S/c1-29-15-21(31)13-28-36(32,33)26-7-6-19(18-8-10-34-11-9-18)12-24(26)35-25-17-30(16-23(25)29)14-20-4-2-3-5-22(20)27/h2-7,12,18,21,23,25,28,31H,8-11,13-17H2,1H3/t21-,23+,25-/m0/s1.